The van der Waals surface area contributed by atoms with Crippen LogP contribution in [0.4, 0.5) is 5.69 Å². The minimum absolute atomic E-state index is 0.0147. The van der Waals surface area contributed by atoms with Crippen LogP contribution in [0.2, 0.25) is 0 Å². The molecule has 1 aliphatic heterocycles. The summed E-state index contributed by atoms with van der Waals surface area (Å²) in [6.07, 6.45) is 0. The summed E-state index contributed by atoms with van der Waals surface area (Å²) in [5, 5.41) is 12.4. The van der Waals surface area contributed by atoms with E-state index in [0.717, 1.165) is 10.5 Å². The number of phenols is 1. The quantitative estimate of drug-likeness (QED) is 0.837. The van der Waals surface area contributed by atoms with Crippen molar-refractivity contribution in [2.24, 2.45) is 0 Å². The normalized spacial score (nSPS) is 14.5. The topological polar surface area (TPSA) is 69.6 Å². The molecule has 2 N–H and O–H groups in total. The Morgan fingerprint density at radius 1 is 1.08 bits per heavy atom. The van der Waals surface area contributed by atoms with E-state index in [0.29, 0.717) is 11.3 Å². The molecule has 122 valence electrons. The van der Waals surface area contributed by atoms with Gasteiger partial charge in [0.25, 0.3) is 11.8 Å². The Hall–Kier alpha value is -2.79. The number of amides is 2. The zero-order valence-corrected chi connectivity index (χ0v) is 13.7. The SMILES string of the molecule is Cc1ccc(NC2=C(Cl)C(=O)N(Cc3ccccc3)C2=O)cc1O. The minimum atomic E-state index is -0.538. The fraction of sp³-hybridized carbons (Fsp3) is 0.111. The lowest BCUT2D eigenvalue weighted by Crippen LogP contribution is -2.31. The van der Waals surface area contributed by atoms with E-state index in [4.69, 9.17) is 11.6 Å². The van der Waals surface area contributed by atoms with Gasteiger partial charge in [-0.2, -0.15) is 0 Å². The van der Waals surface area contributed by atoms with E-state index in [9.17, 15) is 14.7 Å². The van der Waals surface area contributed by atoms with Gasteiger partial charge in [0.05, 0.1) is 6.54 Å². The molecule has 5 nitrogen and oxygen atoms in total. The molecule has 24 heavy (non-hydrogen) atoms. The first-order valence-electron chi connectivity index (χ1n) is 7.34. The van der Waals surface area contributed by atoms with Crippen molar-refractivity contribution in [1.82, 2.24) is 4.90 Å². The van der Waals surface area contributed by atoms with Crippen LogP contribution >= 0.6 is 11.6 Å². The molecule has 0 saturated heterocycles. The van der Waals surface area contributed by atoms with Crippen molar-refractivity contribution in [3.05, 3.63) is 70.4 Å². The summed E-state index contributed by atoms with van der Waals surface area (Å²) < 4.78 is 0. The summed E-state index contributed by atoms with van der Waals surface area (Å²) in [5.41, 5.74) is 2.04. The monoisotopic (exact) mass is 342 g/mol. The van der Waals surface area contributed by atoms with Crippen molar-refractivity contribution in [2.45, 2.75) is 13.5 Å². The van der Waals surface area contributed by atoms with Crippen LogP contribution in [0.5, 0.6) is 5.75 Å². The van der Waals surface area contributed by atoms with Gasteiger partial charge in [-0.25, -0.2) is 0 Å². The average Bonchev–Trinajstić information content (AvgIpc) is 2.77. The number of hydrogen-bond donors (Lipinski definition) is 2. The van der Waals surface area contributed by atoms with Gasteiger partial charge in [0.1, 0.15) is 16.5 Å². The molecule has 2 aromatic rings. The molecule has 0 saturated carbocycles. The number of nitrogens with one attached hydrogen (secondary N) is 1. The van der Waals surface area contributed by atoms with Gasteiger partial charge in [-0.05, 0) is 24.1 Å². The Morgan fingerprint density at radius 2 is 1.79 bits per heavy atom. The van der Waals surface area contributed by atoms with Crippen molar-refractivity contribution >= 4 is 29.1 Å². The van der Waals surface area contributed by atoms with Gasteiger partial charge in [-0.3, -0.25) is 14.5 Å². The molecule has 6 heteroatoms. The second-order valence-electron chi connectivity index (χ2n) is 5.50. The predicted octanol–water partition coefficient (Wildman–Crippen LogP) is 3.13. The third-order valence-electron chi connectivity index (χ3n) is 3.77. The van der Waals surface area contributed by atoms with E-state index < -0.39 is 11.8 Å². The minimum Gasteiger partial charge on any atom is -0.508 e. The molecular weight excluding hydrogens is 328 g/mol. The molecule has 3 rings (SSSR count). The predicted molar refractivity (Wildman–Crippen MR) is 91.3 cm³/mol. The van der Waals surface area contributed by atoms with Crippen LogP contribution in [0.15, 0.2) is 59.3 Å². The Morgan fingerprint density at radius 3 is 2.46 bits per heavy atom. The van der Waals surface area contributed by atoms with Crippen molar-refractivity contribution in [2.75, 3.05) is 5.32 Å². The lowest BCUT2D eigenvalue weighted by molar-refractivity contribution is -0.138. The Labute approximate surface area is 144 Å². The van der Waals surface area contributed by atoms with Gasteiger partial charge in [-0.15, -0.1) is 0 Å². The van der Waals surface area contributed by atoms with Crippen LogP contribution in [0.1, 0.15) is 11.1 Å². The maximum atomic E-state index is 12.5. The molecule has 0 radical (unpaired) electrons. The first kappa shape index (κ1) is 16.1. The van der Waals surface area contributed by atoms with Crippen molar-refractivity contribution in [3.63, 3.8) is 0 Å². The highest BCUT2D eigenvalue weighted by atomic mass is 35.5. The number of carbonyl (C=O) groups is 2. The van der Waals surface area contributed by atoms with Crippen LogP contribution in [0, 0.1) is 6.92 Å². The number of carbonyl (C=O) groups excluding carboxylic acids is 2. The highest BCUT2D eigenvalue weighted by molar-refractivity contribution is 6.48. The zero-order valence-electron chi connectivity index (χ0n) is 12.9. The van der Waals surface area contributed by atoms with E-state index in [1.807, 2.05) is 30.3 Å². The Balaban J connectivity index is 1.82. The van der Waals surface area contributed by atoms with Gasteiger partial charge < -0.3 is 10.4 Å². The largest absolute Gasteiger partial charge is 0.508 e. The summed E-state index contributed by atoms with van der Waals surface area (Å²) in [4.78, 5) is 25.9. The molecule has 2 amide bonds. The van der Waals surface area contributed by atoms with Gasteiger partial charge in [-0.1, -0.05) is 48.0 Å². The highest BCUT2D eigenvalue weighted by Crippen LogP contribution is 2.28. The fourth-order valence-corrected chi connectivity index (χ4v) is 2.63. The number of halogens is 1. The van der Waals surface area contributed by atoms with Crippen LogP contribution < -0.4 is 5.32 Å². The standard InChI is InChI=1S/C18H15ClN2O3/c1-11-7-8-13(9-14(11)22)20-16-15(19)17(23)21(18(16)24)10-12-5-3-2-4-6-12/h2-9,20,22H,10H2,1H3. The van der Waals surface area contributed by atoms with E-state index in [2.05, 4.69) is 5.32 Å². The van der Waals surface area contributed by atoms with Gasteiger partial charge in [0.15, 0.2) is 0 Å². The molecule has 0 spiro atoms. The Kier molecular flexibility index (Phi) is 4.27. The summed E-state index contributed by atoms with van der Waals surface area (Å²) >= 11 is 6.05. The number of hydrogen-bond acceptors (Lipinski definition) is 4. The molecule has 0 unspecified atom stereocenters. The van der Waals surface area contributed by atoms with Gasteiger partial charge in [0, 0.05) is 11.8 Å². The molecule has 1 heterocycles. The van der Waals surface area contributed by atoms with Gasteiger partial charge >= 0.3 is 0 Å². The number of aromatic hydroxyl groups is 1. The Bertz CT molecular complexity index is 847. The van der Waals surface area contributed by atoms with E-state index >= 15 is 0 Å². The molecule has 0 aromatic heterocycles. The first-order chi connectivity index (χ1) is 11.5. The van der Waals surface area contributed by atoms with E-state index in [1.54, 1.807) is 19.1 Å². The summed E-state index contributed by atoms with van der Waals surface area (Å²) in [7, 11) is 0. The van der Waals surface area contributed by atoms with E-state index in [1.165, 1.54) is 6.07 Å². The molecule has 0 aliphatic carbocycles. The zero-order chi connectivity index (χ0) is 17.3. The summed E-state index contributed by atoms with van der Waals surface area (Å²) in [6, 6.07) is 14.1. The summed E-state index contributed by atoms with van der Waals surface area (Å²) in [6.45, 7) is 1.91. The van der Waals surface area contributed by atoms with Crippen molar-refractivity contribution < 1.29 is 14.7 Å². The van der Waals surface area contributed by atoms with Crippen LogP contribution in [0.25, 0.3) is 0 Å². The van der Waals surface area contributed by atoms with Crippen LogP contribution in [-0.2, 0) is 16.1 Å². The maximum absolute atomic E-state index is 12.5. The fourth-order valence-electron chi connectivity index (χ4n) is 2.40. The maximum Gasteiger partial charge on any atom is 0.279 e. The number of phenolic OH excluding ortho intramolecular Hbond substituents is 1. The molecule has 2 aromatic carbocycles. The lowest BCUT2D eigenvalue weighted by Gasteiger charge is -2.15. The number of rotatable bonds is 4. The average molecular weight is 343 g/mol. The highest BCUT2D eigenvalue weighted by Gasteiger charge is 2.37. The molecule has 0 bridgehead atoms. The number of benzene rings is 2. The lowest BCUT2D eigenvalue weighted by atomic mass is 10.2. The number of aryl methyl sites for hydroxylation is 1. The molecular formula is C18H15ClN2O3. The summed E-state index contributed by atoms with van der Waals surface area (Å²) in [5.74, 6) is -0.937. The molecule has 0 fully saturated rings. The van der Waals surface area contributed by atoms with Crippen LogP contribution in [0.3, 0.4) is 0 Å². The number of anilines is 1. The molecule has 0 atom stereocenters. The third kappa shape index (κ3) is 2.98. The third-order valence-corrected chi connectivity index (χ3v) is 4.12. The number of imide groups is 1. The first-order valence-corrected chi connectivity index (χ1v) is 7.71. The number of nitrogens with zero attached hydrogens (tertiary/aromatic N) is 1. The van der Waals surface area contributed by atoms with Crippen LogP contribution in [-0.4, -0.2) is 21.8 Å². The van der Waals surface area contributed by atoms with Crippen molar-refractivity contribution in [1.29, 1.82) is 0 Å². The second-order valence-corrected chi connectivity index (χ2v) is 5.88. The van der Waals surface area contributed by atoms with E-state index in [-0.39, 0.29) is 23.0 Å². The second kappa shape index (κ2) is 6.37. The van der Waals surface area contributed by atoms with Crippen molar-refractivity contribution in [3.8, 4) is 5.75 Å². The van der Waals surface area contributed by atoms with Gasteiger partial charge in [0.2, 0.25) is 0 Å². The smallest absolute Gasteiger partial charge is 0.279 e. The molecule has 1 aliphatic rings.